The smallest absolute Gasteiger partial charge is 0.339 e. The first-order valence-electron chi connectivity index (χ1n) is 10.8. The molecular formula is C22H30O8. The summed E-state index contributed by atoms with van der Waals surface area (Å²) in [5.41, 5.74) is -5.19. The molecule has 3 aliphatic carbocycles. The lowest BCUT2D eigenvalue weighted by molar-refractivity contribution is -0.174. The average Bonchev–Trinajstić information content (AvgIpc) is 3.22. The van der Waals surface area contributed by atoms with E-state index in [4.69, 9.17) is 14.2 Å². The first kappa shape index (κ1) is 20.4. The van der Waals surface area contributed by atoms with E-state index in [0.29, 0.717) is 18.4 Å². The Labute approximate surface area is 175 Å². The van der Waals surface area contributed by atoms with Crippen LogP contribution in [-0.2, 0) is 23.8 Å². The second kappa shape index (κ2) is 5.65. The van der Waals surface area contributed by atoms with E-state index in [0.717, 1.165) is 0 Å². The molecule has 0 aromatic carbocycles. The number of hydrogen-bond donors (Lipinski definition) is 3. The average molecular weight is 422 g/mol. The Kier molecular flexibility index (Phi) is 3.85. The molecule has 0 spiro atoms. The fourth-order valence-electron chi connectivity index (χ4n) is 7.11. The molecule has 2 aliphatic heterocycles. The SMILES string of the molecule is C=C1[C@@H]2[C@@H]3[C@@](C)(OC(=O)[C@]3(O)C[C@@H]1O)[C@H](O)[C@@]13C[C@@H](C)[C@@H](OC(=O)[C@@H](C)CC)[C@@]21O3. The molecule has 8 heteroatoms. The van der Waals surface area contributed by atoms with Crippen molar-refractivity contribution in [2.24, 2.45) is 23.7 Å². The summed E-state index contributed by atoms with van der Waals surface area (Å²) in [6.07, 6.45) is -2.25. The van der Waals surface area contributed by atoms with Gasteiger partial charge in [0.2, 0.25) is 0 Å². The van der Waals surface area contributed by atoms with Crippen molar-refractivity contribution in [1.29, 1.82) is 0 Å². The number of carbonyl (C=O) groups is 2. The van der Waals surface area contributed by atoms with Crippen LogP contribution in [0.2, 0.25) is 0 Å². The van der Waals surface area contributed by atoms with Gasteiger partial charge in [0.15, 0.2) is 5.60 Å². The Morgan fingerprint density at radius 1 is 1.37 bits per heavy atom. The van der Waals surface area contributed by atoms with Crippen LogP contribution in [-0.4, -0.2) is 68.0 Å². The number of rotatable bonds is 3. The van der Waals surface area contributed by atoms with Crippen LogP contribution in [0.25, 0.3) is 0 Å². The highest BCUT2D eigenvalue weighted by atomic mass is 16.7. The van der Waals surface area contributed by atoms with Crippen LogP contribution in [0.1, 0.15) is 47.0 Å². The van der Waals surface area contributed by atoms with Gasteiger partial charge in [-0.1, -0.05) is 27.4 Å². The van der Waals surface area contributed by atoms with Gasteiger partial charge in [-0.3, -0.25) is 4.79 Å². The predicted octanol–water partition coefficient (Wildman–Crippen LogP) is 0.466. The number of epoxide rings is 1. The molecular weight excluding hydrogens is 392 g/mol. The number of ether oxygens (including phenoxy) is 3. The highest BCUT2D eigenvalue weighted by molar-refractivity contribution is 5.84. The number of carbonyl (C=O) groups excluding carboxylic acids is 2. The molecule has 0 aromatic rings. The third-order valence-electron chi connectivity index (χ3n) is 8.70. The van der Waals surface area contributed by atoms with Crippen molar-refractivity contribution in [3.05, 3.63) is 12.2 Å². The summed E-state index contributed by atoms with van der Waals surface area (Å²) in [6, 6.07) is 0. The van der Waals surface area contributed by atoms with E-state index in [9.17, 15) is 24.9 Å². The number of hydrogen-bond acceptors (Lipinski definition) is 8. The van der Waals surface area contributed by atoms with E-state index in [-0.39, 0.29) is 24.2 Å². The van der Waals surface area contributed by atoms with Gasteiger partial charge in [-0.05, 0) is 31.3 Å². The first-order chi connectivity index (χ1) is 13.9. The molecule has 5 aliphatic rings. The van der Waals surface area contributed by atoms with Crippen molar-refractivity contribution >= 4 is 11.9 Å². The molecule has 0 aromatic heterocycles. The maximum Gasteiger partial charge on any atom is 0.339 e. The van der Waals surface area contributed by atoms with Gasteiger partial charge in [-0.25, -0.2) is 4.79 Å². The van der Waals surface area contributed by atoms with Crippen LogP contribution >= 0.6 is 0 Å². The molecule has 0 amide bonds. The number of aliphatic hydroxyl groups is 3. The quantitative estimate of drug-likeness (QED) is 0.340. The zero-order chi connectivity index (χ0) is 22.0. The Morgan fingerprint density at radius 2 is 2.03 bits per heavy atom. The Balaban J connectivity index is 1.65. The van der Waals surface area contributed by atoms with Crippen molar-refractivity contribution in [2.75, 3.05) is 0 Å². The van der Waals surface area contributed by atoms with Gasteiger partial charge < -0.3 is 29.5 Å². The Bertz CT molecular complexity index is 856. The molecule has 5 rings (SSSR count). The third kappa shape index (κ3) is 1.93. The second-order valence-corrected chi connectivity index (χ2v) is 10.3. The highest BCUT2D eigenvalue weighted by Gasteiger charge is 2.94. The zero-order valence-electron chi connectivity index (χ0n) is 17.8. The molecule has 2 heterocycles. The summed E-state index contributed by atoms with van der Waals surface area (Å²) in [6.45, 7) is 11.3. The highest BCUT2D eigenvalue weighted by Crippen LogP contribution is 2.78. The molecule has 2 saturated heterocycles. The van der Waals surface area contributed by atoms with Crippen molar-refractivity contribution in [2.45, 2.75) is 87.7 Å². The maximum absolute atomic E-state index is 12.7. The van der Waals surface area contributed by atoms with Crippen molar-refractivity contribution in [3.8, 4) is 0 Å². The van der Waals surface area contributed by atoms with Crippen molar-refractivity contribution in [1.82, 2.24) is 0 Å². The van der Waals surface area contributed by atoms with Crippen molar-refractivity contribution < 1.29 is 39.1 Å². The van der Waals surface area contributed by atoms with Crippen LogP contribution in [0.15, 0.2) is 12.2 Å². The maximum atomic E-state index is 12.7. The van der Waals surface area contributed by atoms with Crippen LogP contribution in [0.3, 0.4) is 0 Å². The number of esters is 2. The third-order valence-corrected chi connectivity index (χ3v) is 8.70. The van der Waals surface area contributed by atoms with Gasteiger partial charge in [0.25, 0.3) is 0 Å². The minimum atomic E-state index is -1.97. The van der Waals surface area contributed by atoms with Gasteiger partial charge in [-0.15, -0.1) is 0 Å². The fourth-order valence-corrected chi connectivity index (χ4v) is 7.11. The van der Waals surface area contributed by atoms with E-state index in [2.05, 4.69) is 6.58 Å². The van der Waals surface area contributed by atoms with E-state index < -0.39 is 58.5 Å². The minimum Gasteiger partial charge on any atom is -0.459 e. The molecule has 5 fully saturated rings. The lowest BCUT2D eigenvalue weighted by Gasteiger charge is -2.53. The largest absolute Gasteiger partial charge is 0.459 e. The van der Waals surface area contributed by atoms with Gasteiger partial charge in [-0.2, -0.15) is 0 Å². The minimum absolute atomic E-state index is 0.125. The topological polar surface area (TPSA) is 126 Å². The summed E-state index contributed by atoms with van der Waals surface area (Å²) < 4.78 is 17.8. The molecule has 3 saturated carbocycles. The summed E-state index contributed by atoms with van der Waals surface area (Å²) in [7, 11) is 0. The molecule has 0 bridgehead atoms. The Hall–Kier alpha value is -1.48. The van der Waals surface area contributed by atoms with E-state index >= 15 is 0 Å². The molecule has 11 atom stereocenters. The lowest BCUT2D eigenvalue weighted by Crippen LogP contribution is -2.69. The van der Waals surface area contributed by atoms with Gasteiger partial charge in [0.1, 0.15) is 29.0 Å². The predicted molar refractivity (Wildman–Crippen MR) is 102 cm³/mol. The lowest BCUT2D eigenvalue weighted by atomic mass is 9.50. The summed E-state index contributed by atoms with van der Waals surface area (Å²) in [5.74, 6) is -3.19. The van der Waals surface area contributed by atoms with Crippen LogP contribution in [0.4, 0.5) is 0 Å². The first-order valence-corrected chi connectivity index (χ1v) is 10.8. The second-order valence-electron chi connectivity index (χ2n) is 10.3. The zero-order valence-corrected chi connectivity index (χ0v) is 17.8. The van der Waals surface area contributed by atoms with E-state index in [1.165, 1.54) is 0 Å². The number of aliphatic hydroxyl groups excluding tert-OH is 2. The molecule has 166 valence electrons. The molecule has 0 radical (unpaired) electrons. The molecule has 30 heavy (non-hydrogen) atoms. The summed E-state index contributed by atoms with van der Waals surface area (Å²) in [4.78, 5) is 25.4. The van der Waals surface area contributed by atoms with Crippen LogP contribution in [0, 0.1) is 23.7 Å². The normalized spacial score (nSPS) is 56.5. The summed E-state index contributed by atoms with van der Waals surface area (Å²) >= 11 is 0. The molecule has 8 nitrogen and oxygen atoms in total. The van der Waals surface area contributed by atoms with Crippen LogP contribution < -0.4 is 0 Å². The van der Waals surface area contributed by atoms with E-state index in [1.54, 1.807) is 13.8 Å². The van der Waals surface area contributed by atoms with Crippen LogP contribution in [0.5, 0.6) is 0 Å². The molecule has 0 unspecified atom stereocenters. The van der Waals surface area contributed by atoms with E-state index in [1.807, 2.05) is 13.8 Å². The van der Waals surface area contributed by atoms with Gasteiger partial charge >= 0.3 is 11.9 Å². The van der Waals surface area contributed by atoms with Gasteiger partial charge in [0, 0.05) is 12.3 Å². The summed E-state index contributed by atoms with van der Waals surface area (Å²) in [5, 5.41) is 33.4. The monoisotopic (exact) mass is 422 g/mol. The fraction of sp³-hybridized carbons (Fsp3) is 0.818. The Morgan fingerprint density at radius 3 is 2.67 bits per heavy atom. The van der Waals surface area contributed by atoms with Gasteiger partial charge in [0.05, 0.1) is 17.9 Å². The standard InChI is InChI=1S/C22H30O8/c1-6-9(2)16(24)28-15-10(3)7-21-17(25)19(5)14-13(22(15,21)30-21)11(4)12(23)8-20(14,27)18(26)29-19/h9-10,12-15,17,23,25,27H,4,6-8H2,1-3,5H3/t9-,10+,12-,13+,14+,15+,17-,19+,20-,21-,22-/m0/s1. The van der Waals surface area contributed by atoms with Crippen molar-refractivity contribution in [3.63, 3.8) is 0 Å². The molecule has 3 N–H and O–H groups in total.